The molecule has 2 aromatic heterocycles. The Morgan fingerprint density at radius 3 is 2.66 bits per heavy atom. The van der Waals surface area contributed by atoms with Crippen molar-refractivity contribution in [3.8, 4) is 16.9 Å². The molecule has 0 radical (unpaired) electrons. The summed E-state index contributed by atoms with van der Waals surface area (Å²) in [5.41, 5.74) is 4.07. The molecule has 0 saturated heterocycles. The molecule has 0 atom stereocenters. The van der Waals surface area contributed by atoms with Gasteiger partial charge in [-0.15, -0.1) is 0 Å². The van der Waals surface area contributed by atoms with Gasteiger partial charge in [-0.2, -0.15) is 5.10 Å². The number of halogens is 1. The van der Waals surface area contributed by atoms with Crippen molar-refractivity contribution in [1.82, 2.24) is 19.7 Å². The Hall–Kier alpha value is -4.06. The number of rotatable bonds is 7. The first-order chi connectivity index (χ1) is 15.6. The Kier molecular flexibility index (Phi) is 6.51. The average molecular weight is 426 g/mol. The van der Waals surface area contributed by atoms with Gasteiger partial charge in [-0.3, -0.25) is 9.78 Å². The van der Waals surface area contributed by atoms with E-state index in [1.54, 1.807) is 34.1 Å². The molecule has 4 rings (SSSR count). The maximum Gasteiger partial charge on any atom is 0.246 e. The van der Waals surface area contributed by atoms with Crippen molar-refractivity contribution in [2.45, 2.75) is 13.5 Å². The molecule has 0 aliphatic rings. The fraction of sp³-hybridized carbons (Fsp3) is 0.115. The largest absolute Gasteiger partial charge is 0.335 e. The summed E-state index contributed by atoms with van der Waals surface area (Å²) in [7, 11) is 0. The number of hydrogen-bond donors (Lipinski definition) is 0. The minimum atomic E-state index is -0.309. The van der Waals surface area contributed by atoms with Crippen LogP contribution in [0.15, 0.2) is 91.4 Å². The molecule has 2 heterocycles. The van der Waals surface area contributed by atoms with Gasteiger partial charge < -0.3 is 4.90 Å². The molecule has 0 saturated carbocycles. The van der Waals surface area contributed by atoms with Crippen molar-refractivity contribution in [1.29, 1.82) is 0 Å². The molecule has 0 fully saturated rings. The summed E-state index contributed by atoms with van der Waals surface area (Å²) in [4.78, 5) is 18.7. The number of aromatic nitrogens is 3. The van der Waals surface area contributed by atoms with Crippen molar-refractivity contribution >= 4 is 12.0 Å². The lowest BCUT2D eigenvalue weighted by Crippen LogP contribution is -2.28. The Morgan fingerprint density at radius 1 is 1.09 bits per heavy atom. The van der Waals surface area contributed by atoms with Gasteiger partial charge in [-0.05, 0) is 55.0 Å². The van der Waals surface area contributed by atoms with E-state index in [9.17, 15) is 9.18 Å². The Labute approximate surface area is 186 Å². The predicted molar refractivity (Wildman–Crippen MR) is 123 cm³/mol. The highest BCUT2D eigenvalue weighted by molar-refractivity contribution is 5.92. The zero-order chi connectivity index (χ0) is 22.3. The van der Waals surface area contributed by atoms with Gasteiger partial charge in [0.15, 0.2) is 0 Å². The van der Waals surface area contributed by atoms with Gasteiger partial charge in [0.1, 0.15) is 11.5 Å². The van der Waals surface area contributed by atoms with Crippen LogP contribution in [0, 0.1) is 5.82 Å². The van der Waals surface area contributed by atoms with E-state index in [4.69, 9.17) is 5.10 Å². The second-order valence-corrected chi connectivity index (χ2v) is 7.27. The number of hydrogen-bond acceptors (Lipinski definition) is 3. The quantitative estimate of drug-likeness (QED) is 0.385. The maximum atomic E-state index is 13.5. The molecule has 0 N–H and O–H groups in total. The number of carbonyl (C=O) groups excluding carboxylic acids is 1. The molecule has 0 spiro atoms. The molecule has 0 unspecified atom stereocenters. The molecule has 0 aliphatic heterocycles. The SMILES string of the molecule is CCN(Cc1cccc(F)c1)C(=O)/C=C/c1cn(-c2ccccc2)nc1-c1cccnc1. The number of para-hydroxylation sites is 1. The molecule has 6 heteroatoms. The van der Waals surface area contributed by atoms with E-state index in [0.717, 1.165) is 28.1 Å². The Balaban J connectivity index is 1.62. The molecule has 5 nitrogen and oxygen atoms in total. The second-order valence-electron chi connectivity index (χ2n) is 7.27. The fourth-order valence-corrected chi connectivity index (χ4v) is 3.42. The molecule has 160 valence electrons. The lowest BCUT2D eigenvalue weighted by molar-refractivity contribution is -0.126. The van der Waals surface area contributed by atoms with E-state index in [2.05, 4.69) is 4.98 Å². The second kappa shape index (κ2) is 9.83. The lowest BCUT2D eigenvalue weighted by atomic mass is 10.1. The fourth-order valence-electron chi connectivity index (χ4n) is 3.42. The predicted octanol–water partition coefficient (Wildman–Crippen LogP) is 5.14. The van der Waals surface area contributed by atoms with E-state index in [1.807, 2.05) is 61.7 Å². The number of pyridine rings is 1. The number of nitrogens with zero attached hydrogens (tertiary/aromatic N) is 4. The smallest absolute Gasteiger partial charge is 0.246 e. The van der Waals surface area contributed by atoms with Crippen molar-refractivity contribution in [2.24, 2.45) is 0 Å². The van der Waals surface area contributed by atoms with Gasteiger partial charge in [0, 0.05) is 48.9 Å². The Bertz CT molecular complexity index is 1220. The third-order valence-electron chi connectivity index (χ3n) is 5.06. The monoisotopic (exact) mass is 426 g/mol. The van der Waals surface area contributed by atoms with Crippen molar-refractivity contribution in [3.63, 3.8) is 0 Å². The van der Waals surface area contributed by atoms with Crippen LogP contribution in [0.5, 0.6) is 0 Å². The first kappa shape index (κ1) is 21.2. The summed E-state index contributed by atoms with van der Waals surface area (Å²) in [6.45, 7) is 2.76. The molecule has 4 aromatic rings. The van der Waals surface area contributed by atoms with Gasteiger partial charge in [0.05, 0.1) is 5.69 Å². The van der Waals surface area contributed by atoms with Gasteiger partial charge in [0.25, 0.3) is 0 Å². The molecule has 0 aliphatic carbocycles. The van der Waals surface area contributed by atoms with Crippen LogP contribution in [0.3, 0.4) is 0 Å². The standard InChI is InChI=1S/C26H23FN4O/c1-2-30(18-20-8-6-10-23(27)16-20)25(32)14-13-22-19-31(24-11-4-3-5-12-24)29-26(22)21-9-7-15-28-17-21/h3-17,19H,2,18H2,1H3/b14-13+. The molecule has 0 bridgehead atoms. The summed E-state index contributed by atoms with van der Waals surface area (Å²) in [5, 5.41) is 4.73. The number of benzene rings is 2. The number of amides is 1. The molecule has 1 amide bonds. The van der Waals surface area contributed by atoms with Crippen LogP contribution in [0.2, 0.25) is 0 Å². The molecular weight excluding hydrogens is 403 g/mol. The highest BCUT2D eigenvalue weighted by atomic mass is 19.1. The van der Waals surface area contributed by atoms with E-state index >= 15 is 0 Å². The third kappa shape index (κ3) is 4.98. The van der Waals surface area contributed by atoms with Crippen LogP contribution in [0.1, 0.15) is 18.1 Å². The first-order valence-corrected chi connectivity index (χ1v) is 10.4. The number of carbonyl (C=O) groups is 1. The normalized spacial score (nSPS) is 11.1. The lowest BCUT2D eigenvalue weighted by Gasteiger charge is -2.19. The maximum absolute atomic E-state index is 13.5. The summed E-state index contributed by atoms with van der Waals surface area (Å²) >= 11 is 0. The summed E-state index contributed by atoms with van der Waals surface area (Å²) in [5.74, 6) is -0.461. The van der Waals surface area contributed by atoms with Crippen LogP contribution in [-0.4, -0.2) is 32.1 Å². The molecule has 32 heavy (non-hydrogen) atoms. The van der Waals surface area contributed by atoms with Crippen LogP contribution < -0.4 is 0 Å². The van der Waals surface area contributed by atoms with E-state index in [1.165, 1.54) is 18.2 Å². The third-order valence-corrected chi connectivity index (χ3v) is 5.06. The zero-order valence-electron chi connectivity index (χ0n) is 17.7. The van der Waals surface area contributed by atoms with Crippen molar-refractivity contribution in [3.05, 3.63) is 108 Å². The molecular formula is C26H23FN4O. The minimum absolute atomic E-state index is 0.152. The minimum Gasteiger partial charge on any atom is -0.335 e. The van der Waals surface area contributed by atoms with E-state index < -0.39 is 0 Å². The van der Waals surface area contributed by atoms with Crippen LogP contribution >= 0.6 is 0 Å². The summed E-state index contributed by atoms with van der Waals surface area (Å²) < 4.78 is 15.3. The van der Waals surface area contributed by atoms with Crippen LogP contribution in [0.4, 0.5) is 4.39 Å². The highest BCUT2D eigenvalue weighted by Crippen LogP contribution is 2.24. The van der Waals surface area contributed by atoms with Crippen LogP contribution in [-0.2, 0) is 11.3 Å². The molecule has 2 aromatic carbocycles. The van der Waals surface area contributed by atoms with Gasteiger partial charge >= 0.3 is 0 Å². The van der Waals surface area contributed by atoms with Gasteiger partial charge in [-0.25, -0.2) is 9.07 Å². The van der Waals surface area contributed by atoms with E-state index in [-0.39, 0.29) is 11.7 Å². The van der Waals surface area contributed by atoms with Gasteiger partial charge in [0.2, 0.25) is 5.91 Å². The van der Waals surface area contributed by atoms with Crippen molar-refractivity contribution in [2.75, 3.05) is 6.54 Å². The number of likely N-dealkylation sites (N-methyl/N-ethyl adjacent to an activating group) is 1. The first-order valence-electron chi connectivity index (χ1n) is 10.4. The van der Waals surface area contributed by atoms with Crippen LogP contribution in [0.25, 0.3) is 23.0 Å². The topological polar surface area (TPSA) is 51.0 Å². The van der Waals surface area contributed by atoms with Crippen molar-refractivity contribution < 1.29 is 9.18 Å². The summed E-state index contributed by atoms with van der Waals surface area (Å²) in [6.07, 6.45) is 8.66. The summed E-state index contributed by atoms with van der Waals surface area (Å²) in [6, 6.07) is 19.9. The Morgan fingerprint density at radius 2 is 1.94 bits per heavy atom. The van der Waals surface area contributed by atoms with E-state index in [0.29, 0.717) is 13.1 Å². The average Bonchev–Trinajstić information content (AvgIpc) is 3.26. The van der Waals surface area contributed by atoms with Gasteiger partial charge in [-0.1, -0.05) is 30.3 Å². The zero-order valence-corrected chi connectivity index (χ0v) is 17.7. The highest BCUT2D eigenvalue weighted by Gasteiger charge is 2.13.